The zero-order valence-electron chi connectivity index (χ0n) is 20.9. The molecule has 4 aromatic rings. The van der Waals surface area contributed by atoms with E-state index in [1.807, 2.05) is 49.4 Å². The lowest BCUT2D eigenvalue weighted by Crippen LogP contribution is -2.25. The molecule has 0 saturated carbocycles. The molecule has 0 spiro atoms. The Balaban J connectivity index is 1.66. The number of nitrogens with zero attached hydrogens (tertiary/aromatic N) is 3. The van der Waals surface area contributed by atoms with Gasteiger partial charge >= 0.3 is 5.97 Å². The lowest BCUT2D eigenvalue weighted by molar-refractivity contribution is -0.137. The predicted molar refractivity (Wildman–Crippen MR) is 147 cm³/mol. The van der Waals surface area contributed by atoms with E-state index in [1.165, 1.54) is 4.90 Å². The second-order valence-electron chi connectivity index (χ2n) is 8.96. The summed E-state index contributed by atoms with van der Waals surface area (Å²) < 4.78 is 0. The van der Waals surface area contributed by atoms with Crippen molar-refractivity contribution in [1.29, 1.82) is 0 Å². The first-order valence-corrected chi connectivity index (χ1v) is 12.4. The zero-order valence-corrected chi connectivity index (χ0v) is 21.6. The molecule has 0 atom stereocenters. The van der Waals surface area contributed by atoms with Crippen LogP contribution in [-0.2, 0) is 11.2 Å². The van der Waals surface area contributed by atoms with Crippen molar-refractivity contribution in [1.82, 2.24) is 14.9 Å². The van der Waals surface area contributed by atoms with Crippen molar-refractivity contribution < 1.29 is 14.7 Å². The Kier molecular flexibility index (Phi) is 7.99. The Morgan fingerprint density at radius 3 is 2.43 bits per heavy atom. The molecule has 7 heteroatoms. The van der Waals surface area contributed by atoms with Gasteiger partial charge in [-0.05, 0) is 62.1 Å². The third-order valence-electron chi connectivity index (χ3n) is 6.29. The van der Waals surface area contributed by atoms with E-state index in [-0.39, 0.29) is 12.3 Å². The second-order valence-corrected chi connectivity index (χ2v) is 9.40. The van der Waals surface area contributed by atoms with Crippen LogP contribution in [0.3, 0.4) is 0 Å². The number of hydrogen-bond donors (Lipinski definition) is 1. The van der Waals surface area contributed by atoms with Crippen LogP contribution in [0.25, 0.3) is 28.0 Å². The number of halogens is 1. The first-order chi connectivity index (χ1) is 17.7. The molecule has 0 aliphatic rings. The topological polar surface area (TPSA) is 83.4 Å². The number of benzene rings is 3. The highest BCUT2D eigenvalue weighted by atomic mass is 35.5. The highest BCUT2D eigenvalue weighted by Crippen LogP contribution is 2.27. The summed E-state index contributed by atoms with van der Waals surface area (Å²) in [5, 5.41) is 9.60. The highest BCUT2D eigenvalue weighted by molar-refractivity contribution is 6.30. The Bertz CT molecular complexity index is 1480. The molecular formula is C30H28ClN3O3. The van der Waals surface area contributed by atoms with Crippen LogP contribution in [0.2, 0.25) is 5.02 Å². The number of amides is 1. The number of aromatic nitrogens is 2. The van der Waals surface area contributed by atoms with E-state index in [0.717, 1.165) is 28.1 Å². The molecule has 0 radical (unpaired) electrons. The summed E-state index contributed by atoms with van der Waals surface area (Å²) in [6, 6.07) is 20.6. The molecule has 1 aromatic heterocycles. The third kappa shape index (κ3) is 6.04. The van der Waals surface area contributed by atoms with Gasteiger partial charge in [0.05, 0.1) is 22.4 Å². The summed E-state index contributed by atoms with van der Waals surface area (Å²) in [5.74, 6) is -1.02. The van der Waals surface area contributed by atoms with Crippen molar-refractivity contribution in [3.05, 3.63) is 101 Å². The van der Waals surface area contributed by atoms with Crippen LogP contribution in [-0.4, -0.2) is 38.9 Å². The van der Waals surface area contributed by atoms with Crippen LogP contribution in [0.5, 0.6) is 0 Å². The molecule has 37 heavy (non-hydrogen) atoms. The van der Waals surface area contributed by atoms with E-state index in [2.05, 4.69) is 6.58 Å². The summed E-state index contributed by atoms with van der Waals surface area (Å²) in [5.41, 5.74) is 6.61. The maximum absolute atomic E-state index is 13.4. The zero-order chi connectivity index (χ0) is 26.5. The summed E-state index contributed by atoms with van der Waals surface area (Å²) >= 11 is 6.08. The molecule has 4 rings (SSSR count). The maximum Gasteiger partial charge on any atom is 0.303 e. The van der Waals surface area contributed by atoms with Crippen LogP contribution >= 0.6 is 11.6 Å². The van der Waals surface area contributed by atoms with Crippen LogP contribution in [0.15, 0.2) is 73.3 Å². The Labute approximate surface area is 221 Å². The normalized spacial score (nSPS) is 10.9. The van der Waals surface area contributed by atoms with Crippen LogP contribution in [0, 0.1) is 6.92 Å². The van der Waals surface area contributed by atoms with Gasteiger partial charge in [0.25, 0.3) is 5.91 Å². The van der Waals surface area contributed by atoms with Gasteiger partial charge in [0, 0.05) is 40.9 Å². The van der Waals surface area contributed by atoms with Crippen molar-refractivity contribution in [2.24, 2.45) is 0 Å². The predicted octanol–water partition coefficient (Wildman–Crippen LogP) is 6.80. The molecule has 1 N–H and O–H groups in total. The summed E-state index contributed by atoms with van der Waals surface area (Å²) in [7, 11) is 1.70. The van der Waals surface area contributed by atoms with E-state index in [0.29, 0.717) is 46.6 Å². The average Bonchev–Trinajstić information content (AvgIpc) is 2.89. The molecule has 3 aromatic carbocycles. The van der Waals surface area contributed by atoms with E-state index in [1.54, 1.807) is 31.3 Å². The van der Waals surface area contributed by atoms with Gasteiger partial charge in [0.1, 0.15) is 0 Å². The van der Waals surface area contributed by atoms with Gasteiger partial charge in [-0.1, -0.05) is 54.6 Å². The van der Waals surface area contributed by atoms with Crippen molar-refractivity contribution in [3.63, 3.8) is 0 Å². The number of aliphatic carboxylic acids is 1. The number of fused-ring (bicyclic) bond motifs is 1. The van der Waals surface area contributed by atoms with Gasteiger partial charge < -0.3 is 10.0 Å². The fraction of sp³-hybridized carbons (Fsp3) is 0.200. The molecule has 0 bridgehead atoms. The number of rotatable bonds is 9. The van der Waals surface area contributed by atoms with Gasteiger partial charge in [0.2, 0.25) is 0 Å². The van der Waals surface area contributed by atoms with E-state index >= 15 is 0 Å². The Morgan fingerprint density at radius 1 is 0.973 bits per heavy atom. The summed E-state index contributed by atoms with van der Waals surface area (Å²) in [6.45, 7) is 6.06. The smallest absolute Gasteiger partial charge is 0.303 e. The standard InChI is InChI=1S/C30H28ClN3O3/c1-19-17-23(31)14-15-24(19)20(2)34(3)30(37)22-13-16-25-27(18-22)32-26(11-7-8-12-28(35)36)29(33-25)21-9-5-4-6-10-21/h4-6,9-10,13-18H,2,7-8,11-12H2,1,3H3,(H,35,36). The number of carbonyl (C=O) groups is 2. The molecule has 0 saturated heterocycles. The molecular weight excluding hydrogens is 486 g/mol. The molecule has 188 valence electrons. The number of hydrogen-bond acceptors (Lipinski definition) is 4. The minimum atomic E-state index is -0.810. The summed E-state index contributed by atoms with van der Waals surface area (Å²) in [6.07, 6.45) is 1.93. The lowest BCUT2D eigenvalue weighted by Gasteiger charge is -2.22. The fourth-order valence-corrected chi connectivity index (χ4v) is 4.47. The van der Waals surface area contributed by atoms with Crippen molar-refractivity contribution in [2.75, 3.05) is 7.05 Å². The highest BCUT2D eigenvalue weighted by Gasteiger charge is 2.19. The third-order valence-corrected chi connectivity index (χ3v) is 6.53. The second kappa shape index (κ2) is 11.4. The summed E-state index contributed by atoms with van der Waals surface area (Å²) in [4.78, 5) is 35.6. The largest absolute Gasteiger partial charge is 0.481 e. The quantitative estimate of drug-likeness (QED) is 0.249. The number of unbranched alkanes of at least 4 members (excludes halogenated alkanes) is 1. The Morgan fingerprint density at radius 2 is 1.73 bits per heavy atom. The molecule has 0 aliphatic heterocycles. The van der Waals surface area contributed by atoms with Crippen LogP contribution in [0.4, 0.5) is 0 Å². The van der Waals surface area contributed by atoms with Crippen molar-refractivity contribution in [2.45, 2.75) is 32.6 Å². The number of carbonyl (C=O) groups excluding carboxylic acids is 1. The van der Waals surface area contributed by atoms with Gasteiger partial charge in [-0.25, -0.2) is 9.97 Å². The molecule has 0 aliphatic carbocycles. The minimum absolute atomic E-state index is 0.115. The van der Waals surface area contributed by atoms with Gasteiger partial charge in [-0.2, -0.15) is 0 Å². The van der Waals surface area contributed by atoms with Gasteiger partial charge in [-0.15, -0.1) is 0 Å². The molecule has 6 nitrogen and oxygen atoms in total. The van der Waals surface area contributed by atoms with Crippen LogP contribution in [0.1, 0.15) is 46.4 Å². The number of carboxylic acid groups (broad SMARTS) is 1. The van der Waals surface area contributed by atoms with Crippen LogP contribution < -0.4 is 0 Å². The first kappa shape index (κ1) is 26.0. The molecule has 1 heterocycles. The fourth-order valence-electron chi connectivity index (χ4n) is 4.24. The van der Waals surface area contributed by atoms with Crippen molar-refractivity contribution >= 4 is 40.2 Å². The SMILES string of the molecule is C=C(c1ccc(Cl)cc1C)N(C)C(=O)c1ccc2nc(-c3ccccc3)c(CCCCC(=O)O)nc2c1. The van der Waals surface area contributed by atoms with Gasteiger partial charge in [0.15, 0.2) is 0 Å². The number of aryl methyl sites for hydroxylation is 2. The minimum Gasteiger partial charge on any atom is -0.481 e. The maximum atomic E-state index is 13.4. The Hall–Kier alpha value is -4.03. The van der Waals surface area contributed by atoms with E-state index < -0.39 is 5.97 Å². The van der Waals surface area contributed by atoms with Crippen molar-refractivity contribution in [3.8, 4) is 11.3 Å². The first-order valence-electron chi connectivity index (χ1n) is 12.1. The molecule has 0 unspecified atom stereocenters. The molecule has 0 fully saturated rings. The number of carboxylic acids is 1. The molecule has 1 amide bonds. The lowest BCUT2D eigenvalue weighted by atomic mass is 10.0. The van der Waals surface area contributed by atoms with E-state index in [9.17, 15) is 9.59 Å². The monoisotopic (exact) mass is 513 g/mol. The van der Waals surface area contributed by atoms with E-state index in [4.69, 9.17) is 26.7 Å². The average molecular weight is 514 g/mol. The van der Waals surface area contributed by atoms with Gasteiger partial charge in [-0.3, -0.25) is 9.59 Å².